The maximum Gasteiger partial charge on any atom is 0.392 e. The lowest BCUT2D eigenvalue weighted by Gasteiger charge is -2.06. The highest BCUT2D eigenvalue weighted by molar-refractivity contribution is 6.32. The maximum atomic E-state index is 12.1. The Balaban J connectivity index is 3.10. The van der Waals surface area contributed by atoms with E-state index in [2.05, 4.69) is 10.0 Å². The van der Waals surface area contributed by atoms with Crippen molar-refractivity contribution in [2.45, 2.75) is 12.6 Å². The Morgan fingerprint density at radius 1 is 1.41 bits per heavy atom. The molecular weight excluding hydrogens is 255 g/mol. The van der Waals surface area contributed by atoms with Gasteiger partial charge in [-0.3, -0.25) is 0 Å². The smallest absolute Gasteiger partial charge is 0.171 e. The molecule has 1 aromatic rings. The van der Waals surface area contributed by atoms with Crippen molar-refractivity contribution in [2.24, 2.45) is 5.11 Å². The van der Waals surface area contributed by atoms with E-state index in [1.165, 1.54) is 12.1 Å². The Labute approximate surface area is 100 Å². The zero-order chi connectivity index (χ0) is 12.9. The Bertz CT molecular complexity index is 476. The molecule has 0 fully saturated rings. The topological polar surface area (TPSA) is 48.8 Å². The molecule has 0 aliphatic heterocycles. The van der Waals surface area contributed by atoms with Gasteiger partial charge in [-0.2, -0.15) is 13.2 Å². The van der Waals surface area contributed by atoms with E-state index in [9.17, 15) is 13.2 Å². The van der Waals surface area contributed by atoms with Gasteiger partial charge in [0, 0.05) is 21.2 Å². The van der Waals surface area contributed by atoms with E-state index in [0.29, 0.717) is 0 Å². The van der Waals surface area contributed by atoms with Gasteiger partial charge in [-0.15, -0.1) is 0 Å². The lowest BCUT2D eigenvalue weighted by molar-refractivity contribution is -0.124. The van der Waals surface area contributed by atoms with Gasteiger partial charge in [0.25, 0.3) is 0 Å². The Kier molecular flexibility index (Phi) is 4.43. The van der Waals surface area contributed by atoms with Gasteiger partial charge < -0.3 is 0 Å². The lowest BCUT2D eigenvalue weighted by atomic mass is 10.1. The van der Waals surface area contributed by atoms with Crippen LogP contribution in [-0.4, -0.2) is 6.18 Å². The van der Waals surface area contributed by atoms with Crippen molar-refractivity contribution in [3.63, 3.8) is 0 Å². The van der Waals surface area contributed by atoms with E-state index in [4.69, 9.17) is 17.1 Å². The van der Waals surface area contributed by atoms with Crippen LogP contribution in [0.2, 0.25) is 5.02 Å². The molecule has 0 aromatic heterocycles. The van der Waals surface area contributed by atoms with Crippen molar-refractivity contribution in [3.05, 3.63) is 51.4 Å². The zero-order valence-electron chi connectivity index (χ0n) is 8.45. The first-order valence-electron chi connectivity index (χ1n) is 4.51. The van der Waals surface area contributed by atoms with E-state index in [-0.39, 0.29) is 16.3 Å². The zero-order valence-corrected chi connectivity index (χ0v) is 9.20. The predicted octanol–water partition coefficient (Wildman–Crippen LogP) is 4.94. The van der Waals surface area contributed by atoms with E-state index in [1.807, 2.05) is 0 Å². The van der Waals surface area contributed by atoms with Crippen LogP contribution in [-0.2, 0) is 0 Å². The van der Waals surface area contributed by atoms with Crippen LogP contribution in [0, 0.1) is 0 Å². The highest BCUT2D eigenvalue weighted by Crippen LogP contribution is 2.28. The minimum Gasteiger partial charge on any atom is -0.171 e. The number of halogens is 4. The second-order valence-corrected chi connectivity index (χ2v) is 3.49. The molecule has 0 atom stereocenters. The molecule has 0 spiro atoms. The van der Waals surface area contributed by atoms with Crippen LogP contribution in [0.5, 0.6) is 0 Å². The van der Waals surface area contributed by atoms with Crippen LogP contribution >= 0.6 is 11.6 Å². The number of rotatable bonds is 3. The lowest BCUT2D eigenvalue weighted by Crippen LogP contribution is -2.04. The molecule has 0 saturated carbocycles. The van der Waals surface area contributed by atoms with Crippen molar-refractivity contribution in [2.75, 3.05) is 0 Å². The Morgan fingerprint density at radius 3 is 2.59 bits per heavy atom. The number of allylic oxidation sites excluding steroid dienone is 1. The molecule has 0 amide bonds. The van der Waals surface area contributed by atoms with Crippen molar-refractivity contribution in [3.8, 4) is 0 Å². The summed E-state index contributed by atoms with van der Waals surface area (Å²) < 4.78 is 36.2. The van der Waals surface area contributed by atoms with Crippen LogP contribution in [0.3, 0.4) is 0 Å². The van der Waals surface area contributed by atoms with E-state index < -0.39 is 12.6 Å². The van der Waals surface area contributed by atoms with Gasteiger partial charge in [-0.05, 0) is 11.6 Å². The normalized spacial score (nSPS) is 12.1. The first-order valence-corrected chi connectivity index (χ1v) is 4.89. The third-order valence-corrected chi connectivity index (χ3v) is 2.16. The van der Waals surface area contributed by atoms with Crippen LogP contribution in [0.15, 0.2) is 35.5 Å². The minimum absolute atomic E-state index is 0.129. The largest absolute Gasteiger partial charge is 0.392 e. The molecule has 3 nitrogen and oxygen atoms in total. The van der Waals surface area contributed by atoms with Gasteiger partial charge in [0.1, 0.15) is 0 Å². The quantitative estimate of drug-likeness (QED) is 0.420. The number of nitrogens with zero attached hydrogens (tertiary/aromatic N) is 3. The number of benzene rings is 1. The van der Waals surface area contributed by atoms with Gasteiger partial charge in [0.05, 0.1) is 6.42 Å². The van der Waals surface area contributed by atoms with Crippen molar-refractivity contribution in [1.82, 2.24) is 0 Å². The molecule has 0 aliphatic rings. The molecular formula is C10H7ClF3N3. The molecule has 0 heterocycles. The molecule has 0 aliphatic carbocycles. The molecule has 0 bridgehead atoms. The molecule has 0 unspecified atom stereocenters. The monoisotopic (exact) mass is 261 g/mol. The molecule has 90 valence electrons. The van der Waals surface area contributed by atoms with Crippen molar-refractivity contribution in [1.29, 1.82) is 0 Å². The molecule has 17 heavy (non-hydrogen) atoms. The van der Waals surface area contributed by atoms with Crippen LogP contribution in [0.1, 0.15) is 12.0 Å². The maximum absolute atomic E-state index is 12.1. The third kappa shape index (κ3) is 4.38. The summed E-state index contributed by atoms with van der Waals surface area (Å²) in [6, 6.07) is 6.21. The fraction of sp³-hybridized carbons (Fsp3) is 0.200. The van der Waals surface area contributed by atoms with Crippen LogP contribution in [0.25, 0.3) is 16.1 Å². The third-order valence-electron chi connectivity index (χ3n) is 1.83. The summed E-state index contributed by atoms with van der Waals surface area (Å²) in [7, 11) is 0. The number of azide groups is 1. The van der Waals surface area contributed by atoms with E-state index >= 15 is 0 Å². The second kappa shape index (κ2) is 5.61. The van der Waals surface area contributed by atoms with Crippen LogP contribution in [0.4, 0.5) is 13.2 Å². The fourth-order valence-corrected chi connectivity index (χ4v) is 1.37. The highest BCUT2D eigenvalue weighted by atomic mass is 35.5. The van der Waals surface area contributed by atoms with Gasteiger partial charge >= 0.3 is 6.18 Å². The molecule has 0 N–H and O–H groups in total. The first kappa shape index (κ1) is 13.4. The van der Waals surface area contributed by atoms with Gasteiger partial charge in [-0.1, -0.05) is 41.0 Å². The van der Waals surface area contributed by atoms with E-state index in [1.54, 1.807) is 12.1 Å². The standard InChI is InChI=1S/C10H7ClF3N3/c11-8-4-2-1-3-7(8)9(16-17-15)5-6-10(12,13)14/h1-5H,6H2. The van der Waals surface area contributed by atoms with Crippen molar-refractivity contribution >= 4 is 17.3 Å². The van der Waals surface area contributed by atoms with Gasteiger partial charge in [-0.25, -0.2) is 0 Å². The van der Waals surface area contributed by atoms with Crippen molar-refractivity contribution < 1.29 is 13.2 Å². The van der Waals surface area contributed by atoms with Gasteiger partial charge in [0.2, 0.25) is 0 Å². The van der Waals surface area contributed by atoms with E-state index in [0.717, 1.165) is 6.08 Å². The minimum atomic E-state index is -4.35. The molecule has 0 saturated heterocycles. The molecule has 0 radical (unpaired) electrons. The average Bonchev–Trinajstić information content (AvgIpc) is 2.24. The summed E-state index contributed by atoms with van der Waals surface area (Å²) >= 11 is 5.80. The summed E-state index contributed by atoms with van der Waals surface area (Å²) in [6.07, 6.45) is -4.72. The number of hydrogen-bond donors (Lipinski definition) is 0. The van der Waals surface area contributed by atoms with Crippen LogP contribution < -0.4 is 0 Å². The fourth-order valence-electron chi connectivity index (χ4n) is 1.13. The Morgan fingerprint density at radius 2 is 2.06 bits per heavy atom. The highest BCUT2D eigenvalue weighted by Gasteiger charge is 2.25. The summed E-state index contributed by atoms with van der Waals surface area (Å²) in [5.41, 5.74) is 8.46. The molecule has 1 aromatic carbocycles. The number of hydrogen-bond acceptors (Lipinski definition) is 1. The first-order chi connectivity index (χ1) is 7.94. The summed E-state index contributed by atoms with van der Waals surface area (Å²) in [4.78, 5) is 2.48. The summed E-state index contributed by atoms with van der Waals surface area (Å²) in [5, 5.41) is 3.45. The second-order valence-electron chi connectivity index (χ2n) is 3.08. The molecule has 7 heteroatoms. The molecule has 1 rings (SSSR count). The average molecular weight is 262 g/mol. The Hall–Kier alpha value is -1.65. The van der Waals surface area contributed by atoms with Gasteiger partial charge in [0.15, 0.2) is 0 Å². The summed E-state index contributed by atoms with van der Waals surface area (Å²) in [5.74, 6) is 0. The predicted molar refractivity (Wildman–Crippen MR) is 59.2 cm³/mol. The number of alkyl halides is 3. The summed E-state index contributed by atoms with van der Waals surface area (Å²) in [6.45, 7) is 0. The SMILES string of the molecule is [N-]=[N+]=NC(=CCC(F)(F)F)c1ccccc1Cl.